The predicted octanol–water partition coefficient (Wildman–Crippen LogP) is 1.73. The lowest BCUT2D eigenvalue weighted by Gasteiger charge is -2.26. The minimum Gasteiger partial charge on any atom is -0.468 e. The van der Waals surface area contributed by atoms with E-state index in [0.717, 1.165) is 5.76 Å². The molecule has 0 aromatic heterocycles. The van der Waals surface area contributed by atoms with Gasteiger partial charge < -0.3 is 9.47 Å². The fourth-order valence-corrected chi connectivity index (χ4v) is 1.72. The second-order valence-electron chi connectivity index (χ2n) is 3.15. The molecule has 0 spiro atoms. The largest absolute Gasteiger partial charge is 0.468 e. The van der Waals surface area contributed by atoms with E-state index < -0.39 is 5.60 Å². The summed E-state index contributed by atoms with van der Waals surface area (Å²) >= 11 is 5.34. The zero-order chi connectivity index (χ0) is 9.31. The standard InChI is InChI=1S/C9H9ClO3/c10-8(11)5-9-3-1-7(2-4-9)12-6-13-9/h1-3H,4-6H2. The van der Waals surface area contributed by atoms with Gasteiger partial charge in [0.1, 0.15) is 11.4 Å². The minimum atomic E-state index is -0.571. The molecule has 0 N–H and O–H groups in total. The molecule has 3 rings (SSSR count). The molecule has 2 heterocycles. The maximum Gasteiger partial charge on any atom is 0.224 e. The van der Waals surface area contributed by atoms with Gasteiger partial charge in [0.25, 0.3) is 0 Å². The highest BCUT2D eigenvalue weighted by atomic mass is 35.5. The molecule has 3 nitrogen and oxygen atoms in total. The van der Waals surface area contributed by atoms with Crippen LogP contribution in [-0.4, -0.2) is 17.6 Å². The predicted molar refractivity (Wildman–Crippen MR) is 47.1 cm³/mol. The van der Waals surface area contributed by atoms with E-state index in [0.29, 0.717) is 6.42 Å². The van der Waals surface area contributed by atoms with Gasteiger partial charge in [0.05, 0.1) is 6.42 Å². The van der Waals surface area contributed by atoms with Crippen LogP contribution in [-0.2, 0) is 14.3 Å². The Hall–Kier alpha value is -0.800. The van der Waals surface area contributed by atoms with Crippen molar-refractivity contribution in [1.29, 1.82) is 0 Å². The topological polar surface area (TPSA) is 35.5 Å². The zero-order valence-corrected chi connectivity index (χ0v) is 7.71. The fraction of sp³-hybridized carbons (Fsp3) is 0.444. The lowest BCUT2D eigenvalue weighted by Crippen LogP contribution is -2.31. The second kappa shape index (κ2) is 3.16. The van der Waals surface area contributed by atoms with Crippen molar-refractivity contribution in [3.8, 4) is 0 Å². The molecule has 2 aliphatic heterocycles. The number of carbonyl (C=O) groups excluding carboxylic acids is 1. The molecular weight excluding hydrogens is 192 g/mol. The van der Waals surface area contributed by atoms with Gasteiger partial charge >= 0.3 is 0 Å². The van der Waals surface area contributed by atoms with Gasteiger partial charge in [-0.2, -0.15) is 0 Å². The Morgan fingerprint density at radius 2 is 2.54 bits per heavy atom. The van der Waals surface area contributed by atoms with Gasteiger partial charge in [-0.25, -0.2) is 0 Å². The van der Waals surface area contributed by atoms with Gasteiger partial charge in [0.2, 0.25) is 5.24 Å². The summed E-state index contributed by atoms with van der Waals surface area (Å²) in [4.78, 5) is 10.8. The van der Waals surface area contributed by atoms with Crippen molar-refractivity contribution in [3.05, 3.63) is 24.0 Å². The smallest absolute Gasteiger partial charge is 0.224 e. The zero-order valence-electron chi connectivity index (χ0n) is 6.96. The van der Waals surface area contributed by atoms with Crippen molar-refractivity contribution in [2.45, 2.75) is 18.4 Å². The van der Waals surface area contributed by atoms with Gasteiger partial charge in [-0.05, 0) is 29.8 Å². The van der Waals surface area contributed by atoms with Crippen LogP contribution in [0, 0.1) is 0 Å². The van der Waals surface area contributed by atoms with E-state index in [4.69, 9.17) is 21.1 Å². The van der Waals surface area contributed by atoms with Crippen molar-refractivity contribution in [3.63, 3.8) is 0 Å². The highest BCUT2D eigenvalue weighted by Crippen LogP contribution is 2.32. The Morgan fingerprint density at radius 1 is 1.69 bits per heavy atom. The van der Waals surface area contributed by atoms with E-state index in [1.165, 1.54) is 0 Å². The molecule has 4 heteroatoms. The van der Waals surface area contributed by atoms with Crippen molar-refractivity contribution in [2.24, 2.45) is 0 Å². The minimum absolute atomic E-state index is 0.184. The van der Waals surface area contributed by atoms with E-state index in [-0.39, 0.29) is 18.5 Å². The van der Waals surface area contributed by atoms with Crippen molar-refractivity contribution in [2.75, 3.05) is 6.79 Å². The SMILES string of the molecule is O=C(Cl)CC12C=CC(=CC1)OCO2. The number of hydrogen-bond acceptors (Lipinski definition) is 3. The number of fused-ring (bicyclic) bond motifs is 3. The second-order valence-corrected chi connectivity index (χ2v) is 3.57. The van der Waals surface area contributed by atoms with Crippen LogP contribution in [0.2, 0.25) is 0 Å². The van der Waals surface area contributed by atoms with E-state index in [9.17, 15) is 4.79 Å². The highest BCUT2D eigenvalue weighted by Gasteiger charge is 2.34. The Morgan fingerprint density at radius 3 is 3.15 bits per heavy atom. The fourth-order valence-electron chi connectivity index (χ4n) is 1.49. The molecule has 2 bridgehead atoms. The summed E-state index contributed by atoms with van der Waals surface area (Å²) in [5.74, 6) is 0.801. The third kappa shape index (κ3) is 1.76. The third-order valence-electron chi connectivity index (χ3n) is 2.21. The van der Waals surface area contributed by atoms with Crippen LogP contribution in [0.25, 0.3) is 0 Å². The normalized spacial score (nSPS) is 30.7. The number of carbonyl (C=O) groups is 1. The molecule has 1 aliphatic carbocycles. The van der Waals surface area contributed by atoms with Gasteiger partial charge in [-0.3, -0.25) is 4.79 Å². The highest BCUT2D eigenvalue weighted by molar-refractivity contribution is 6.63. The Labute approximate surface area is 81.0 Å². The molecule has 0 saturated heterocycles. The summed E-state index contributed by atoms with van der Waals surface area (Å²) < 4.78 is 10.6. The average molecular weight is 201 g/mol. The maximum absolute atomic E-state index is 10.8. The number of rotatable bonds is 2. The van der Waals surface area contributed by atoms with Crippen molar-refractivity contribution < 1.29 is 14.3 Å². The van der Waals surface area contributed by atoms with Crippen LogP contribution in [0.4, 0.5) is 0 Å². The van der Waals surface area contributed by atoms with E-state index in [1.54, 1.807) is 0 Å². The van der Waals surface area contributed by atoms with Crippen LogP contribution < -0.4 is 0 Å². The van der Waals surface area contributed by atoms with Crippen LogP contribution in [0.15, 0.2) is 24.0 Å². The first kappa shape index (κ1) is 8.78. The maximum atomic E-state index is 10.8. The van der Waals surface area contributed by atoms with E-state index >= 15 is 0 Å². The average Bonchev–Trinajstić information content (AvgIpc) is 2.35. The lowest BCUT2D eigenvalue weighted by atomic mass is 9.92. The van der Waals surface area contributed by atoms with Gasteiger partial charge in [0.15, 0.2) is 6.79 Å². The third-order valence-corrected chi connectivity index (χ3v) is 2.34. The van der Waals surface area contributed by atoms with Gasteiger partial charge in [-0.1, -0.05) is 0 Å². The Kier molecular flexibility index (Phi) is 2.14. The number of allylic oxidation sites excluding steroid dienone is 1. The summed E-state index contributed by atoms with van der Waals surface area (Å²) in [7, 11) is 0. The molecule has 0 fully saturated rings. The quantitative estimate of drug-likeness (QED) is 0.637. The molecular formula is C9H9ClO3. The molecule has 1 unspecified atom stereocenters. The van der Waals surface area contributed by atoms with E-state index in [2.05, 4.69) is 0 Å². The van der Waals surface area contributed by atoms with Crippen LogP contribution >= 0.6 is 11.6 Å². The molecule has 0 saturated carbocycles. The summed E-state index contributed by atoms with van der Waals surface area (Å²) in [6, 6.07) is 0. The van der Waals surface area contributed by atoms with Crippen LogP contribution in [0.5, 0.6) is 0 Å². The number of ether oxygens (including phenoxy) is 2. The van der Waals surface area contributed by atoms with Gasteiger partial charge in [-0.15, -0.1) is 0 Å². The molecule has 3 aliphatic rings. The molecule has 13 heavy (non-hydrogen) atoms. The summed E-state index contributed by atoms with van der Waals surface area (Å²) in [5, 5.41) is -0.386. The molecule has 0 aromatic rings. The molecule has 0 aromatic carbocycles. The summed E-state index contributed by atoms with van der Waals surface area (Å²) in [6.07, 6.45) is 6.41. The molecule has 70 valence electrons. The first-order valence-corrected chi connectivity index (χ1v) is 4.42. The first-order valence-electron chi connectivity index (χ1n) is 4.05. The first-order chi connectivity index (χ1) is 6.20. The van der Waals surface area contributed by atoms with Crippen molar-refractivity contribution >= 4 is 16.8 Å². The van der Waals surface area contributed by atoms with Crippen molar-refractivity contribution in [1.82, 2.24) is 0 Å². The summed E-state index contributed by atoms with van der Waals surface area (Å²) in [5.41, 5.74) is -0.571. The summed E-state index contributed by atoms with van der Waals surface area (Å²) in [6.45, 7) is 0.184. The van der Waals surface area contributed by atoms with Crippen LogP contribution in [0.3, 0.4) is 0 Å². The molecule has 0 amide bonds. The monoisotopic (exact) mass is 200 g/mol. The molecule has 1 atom stereocenters. The van der Waals surface area contributed by atoms with Crippen LogP contribution in [0.1, 0.15) is 12.8 Å². The Bertz CT molecular complexity index is 295. The number of halogens is 1. The lowest BCUT2D eigenvalue weighted by molar-refractivity contribution is -0.122. The van der Waals surface area contributed by atoms with E-state index in [1.807, 2.05) is 18.2 Å². The van der Waals surface area contributed by atoms with Gasteiger partial charge in [0, 0.05) is 6.42 Å². The number of hydrogen-bond donors (Lipinski definition) is 0. The molecule has 0 radical (unpaired) electrons. The Balaban J connectivity index is 2.19.